The van der Waals surface area contributed by atoms with Crippen molar-refractivity contribution in [2.24, 2.45) is 0 Å². The van der Waals surface area contributed by atoms with Crippen LogP contribution in [0.1, 0.15) is 15.9 Å². The van der Waals surface area contributed by atoms with Crippen molar-refractivity contribution in [2.45, 2.75) is 6.42 Å². The Labute approximate surface area is 162 Å². The Morgan fingerprint density at radius 2 is 1.57 bits per heavy atom. The van der Waals surface area contributed by atoms with E-state index in [1.807, 2.05) is 53.4 Å². The molecule has 0 unspecified atom stereocenters. The quantitative estimate of drug-likeness (QED) is 0.645. The molecule has 0 saturated carbocycles. The maximum Gasteiger partial charge on any atom is 0.269 e. The lowest BCUT2D eigenvalue weighted by atomic mass is 10.1. The van der Waals surface area contributed by atoms with Gasteiger partial charge in [-0.3, -0.25) is 20.4 Å². The molecule has 2 amide bonds. The highest BCUT2D eigenvalue weighted by Crippen LogP contribution is 2.27. The Kier molecular flexibility index (Phi) is 5.96. The second-order valence-electron chi connectivity index (χ2n) is 6.01. The van der Waals surface area contributed by atoms with E-state index in [9.17, 15) is 9.59 Å². The monoisotopic (exact) mass is 379 g/mol. The number of aromatic nitrogens is 1. The third-order valence-corrected chi connectivity index (χ3v) is 4.16. The number of methoxy groups -OCH3 is 2. The van der Waals surface area contributed by atoms with Gasteiger partial charge in [-0.25, -0.2) is 0 Å². The number of amides is 2. The number of ether oxygens (including phenoxy) is 2. The molecule has 2 aromatic carbocycles. The van der Waals surface area contributed by atoms with E-state index in [2.05, 4.69) is 10.9 Å². The average molecular weight is 379 g/mol. The number of carbonyl (C=O) groups excluding carboxylic acids is 2. The maximum absolute atomic E-state index is 12.2. The van der Waals surface area contributed by atoms with Crippen LogP contribution in [0.4, 0.5) is 0 Å². The normalized spacial score (nSPS) is 10.2. The maximum atomic E-state index is 12.2. The van der Waals surface area contributed by atoms with Gasteiger partial charge in [-0.1, -0.05) is 12.1 Å². The summed E-state index contributed by atoms with van der Waals surface area (Å²) in [5.41, 5.74) is 7.02. The Hall–Kier alpha value is -3.74. The summed E-state index contributed by atoms with van der Waals surface area (Å²) in [4.78, 5) is 24.3. The first-order valence-electron chi connectivity index (χ1n) is 8.64. The molecule has 28 heavy (non-hydrogen) atoms. The molecule has 0 aliphatic carbocycles. The van der Waals surface area contributed by atoms with E-state index in [0.29, 0.717) is 17.1 Å². The van der Waals surface area contributed by atoms with Crippen LogP contribution in [0.15, 0.2) is 67.0 Å². The fourth-order valence-electron chi connectivity index (χ4n) is 2.70. The lowest BCUT2D eigenvalue weighted by Crippen LogP contribution is -2.42. The minimum atomic E-state index is -0.447. The molecule has 1 heterocycles. The average Bonchev–Trinajstić information content (AvgIpc) is 3.27. The molecule has 0 spiro atoms. The number of rotatable bonds is 6. The van der Waals surface area contributed by atoms with Crippen molar-refractivity contribution < 1.29 is 19.1 Å². The van der Waals surface area contributed by atoms with Crippen molar-refractivity contribution in [1.29, 1.82) is 0 Å². The van der Waals surface area contributed by atoms with Crippen LogP contribution >= 0.6 is 0 Å². The van der Waals surface area contributed by atoms with Gasteiger partial charge in [0.05, 0.1) is 20.6 Å². The summed E-state index contributed by atoms with van der Waals surface area (Å²) in [5.74, 6) is 0.190. The van der Waals surface area contributed by atoms with Gasteiger partial charge in [0.1, 0.15) is 0 Å². The molecule has 0 saturated heterocycles. The molecule has 0 aliphatic rings. The summed E-state index contributed by atoms with van der Waals surface area (Å²) >= 11 is 0. The zero-order chi connectivity index (χ0) is 19.9. The zero-order valence-corrected chi connectivity index (χ0v) is 15.6. The second-order valence-corrected chi connectivity index (χ2v) is 6.01. The van der Waals surface area contributed by atoms with Gasteiger partial charge in [-0.2, -0.15) is 0 Å². The lowest BCUT2D eigenvalue weighted by Gasteiger charge is -2.11. The third kappa shape index (κ3) is 4.50. The molecule has 0 bridgehead atoms. The number of nitrogens with zero attached hydrogens (tertiary/aromatic N) is 1. The summed E-state index contributed by atoms with van der Waals surface area (Å²) in [6.07, 6.45) is 4.05. The van der Waals surface area contributed by atoms with Gasteiger partial charge in [0.15, 0.2) is 11.5 Å². The summed E-state index contributed by atoms with van der Waals surface area (Å²) in [6, 6.07) is 16.3. The summed E-state index contributed by atoms with van der Waals surface area (Å²) in [7, 11) is 3.01. The predicted octanol–water partition coefficient (Wildman–Crippen LogP) is 2.50. The smallest absolute Gasteiger partial charge is 0.269 e. The zero-order valence-electron chi connectivity index (χ0n) is 15.6. The van der Waals surface area contributed by atoms with Crippen molar-refractivity contribution in [2.75, 3.05) is 14.2 Å². The standard InChI is InChI=1S/C21H21N3O4/c1-27-18-10-7-16(14-19(18)28-2)21(26)23-22-20(25)13-15-5-8-17(9-6-15)24-11-3-4-12-24/h3-12,14H,13H2,1-2H3,(H,22,25)(H,23,26). The molecule has 0 fully saturated rings. The molecule has 7 heteroatoms. The molecule has 0 atom stereocenters. The van der Waals surface area contributed by atoms with E-state index in [1.54, 1.807) is 18.2 Å². The Morgan fingerprint density at radius 3 is 2.21 bits per heavy atom. The molecule has 0 aliphatic heterocycles. The van der Waals surface area contributed by atoms with Crippen LogP contribution in [0, 0.1) is 0 Å². The number of carbonyl (C=O) groups is 2. The van der Waals surface area contributed by atoms with Crippen molar-refractivity contribution in [1.82, 2.24) is 15.4 Å². The molecular weight excluding hydrogens is 358 g/mol. The molecule has 2 N–H and O–H groups in total. The second kappa shape index (κ2) is 8.77. The van der Waals surface area contributed by atoms with Crippen molar-refractivity contribution in [3.05, 3.63) is 78.1 Å². The molecule has 7 nitrogen and oxygen atoms in total. The highest BCUT2D eigenvalue weighted by molar-refractivity contribution is 5.96. The fraction of sp³-hybridized carbons (Fsp3) is 0.143. The van der Waals surface area contributed by atoms with Gasteiger partial charge >= 0.3 is 0 Å². The Morgan fingerprint density at radius 1 is 0.893 bits per heavy atom. The molecule has 3 aromatic rings. The largest absolute Gasteiger partial charge is 0.493 e. The SMILES string of the molecule is COc1ccc(C(=O)NNC(=O)Cc2ccc(-n3cccc3)cc2)cc1OC. The van der Waals surface area contributed by atoms with Crippen LogP contribution in [-0.2, 0) is 11.2 Å². The van der Waals surface area contributed by atoms with Crippen LogP contribution in [-0.4, -0.2) is 30.6 Å². The van der Waals surface area contributed by atoms with Gasteiger partial charge in [-0.05, 0) is 48.0 Å². The number of hydrazine groups is 1. The first kappa shape index (κ1) is 19.0. The summed E-state index contributed by atoms with van der Waals surface area (Å²) in [5, 5.41) is 0. The van der Waals surface area contributed by atoms with Gasteiger partial charge in [0.25, 0.3) is 5.91 Å². The number of hydrogen-bond donors (Lipinski definition) is 2. The molecule has 144 valence electrons. The van der Waals surface area contributed by atoms with Crippen molar-refractivity contribution in [3.8, 4) is 17.2 Å². The molecule has 0 radical (unpaired) electrons. The highest BCUT2D eigenvalue weighted by Gasteiger charge is 2.12. The van der Waals surface area contributed by atoms with E-state index in [-0.39, 0.29) is 12.3 Å². The van der Waals surface area contributed by atoms with Gasteiger partial charge in [-0.15, -0.1) is 0 Å². The Balaban J connectivity index is 1.54. The first-order chi connectivity index (χ1) is 13.6. The number of benzene rings is 2. The molecular formula is C21H21N3O4. The number of hydrogen-bond acceptors (Lipinski definition) is 4. The minimum absolute atomic E-state index is 0.151. The number of nitrogens with one attached hydrogen (secondary N) is 2. The van der Waals surface area contributed by atoms with Gasteiger partial charge < -0.3 is 14.0 Å². The van der Waals surface area contributed by atoms with Gasteiger partial charge in [0.2, 0.25) is 5.91 Å². The van der Waals surface area contributed by atoms with E-state index in [4.69, 9.17) is 9.47 Å². The van der Waals surface area contributed by atoms with Gasteiger partial charge in [0, 0.05) is 23.6 Å². The van der Waals surface area contributed by atoms with E-state index >= 15 is 0 Å². The van der Waals surface area contributed by atoms with E-state index in [1.165, 1.54) is 14.2 Å². The Bertz CT molecular complexity index is 950. The molecule has 1 aromatic heterocycles. The van der Waals surface area contributed by atoms with E-state index < -0.39 is 5.91 Å². The predicted molar refractivity (Wildman–Crippen MR) is 105 cm³/mol. The van der Waals surface area contributed by atoms with E-state index in [0.717, 1.165) is 11.3 Å². The van der Waals surface area contributed by atoms with Crippen molar-refractivity contribution >= 4 is 11.8 Å². The fourth-order valence-corrected chi connectivity index (χ4v) is 2.70. The molecule has 3 rings (SSSR count). The van der Waals surface area contributed by atoms with Crippen LogP contribution in [0.3, 0.4) is 0 Å². The van der Waals surface area contributed by atoms with Crippen LogP contribution in [0.25, 0.3) is 5.69 Å². The van der Waals surface area contributed by atoms with Crippen molar-refractivity contribution in [3.63, 3.8) is 0 Å². The van der Waals surface area contributed by atoms with Crippen LogP contribution < -0.4 is 20.3 Å². The topological polar surface area (TPSA) is 81.6 Å². The summed E-state index contributed by atoms with van der Waals surface area (Å²) in [6.45, 7) is 0. The summed E-state index contributed by atoms with van der Waals surface area (Å²) < 4.78 is 12.3. The first-order valence-corrected chi connectivity index (χ1v) is 8.64. The van der Waals surface area contributed by atoms with Crippen LogP contribution in [0.2, 0.25) is 0 Å². The highest BCUT2D eigenvalue weighted by atomic mass is 16.5. The van der Waals surface area contributed by atoms with Crippen LogP contribution in [0.5, 0.6) is 11.5 Å². The lowest BCUT2D eigenvalue weighted by molar-refractivity contribution is -0.121. The third-order valence-electron chi connectivity index (χ3n) is 4.16. The minimum Gasteiger partial charge on any atom is -0.493 e.